The second-order valence-corrected chi connectivity index (χ2v) is 4.39. The van der Waals surface area contributed by atoms with Gasteiger partial charge in [-0.2, -0.15) is 0 Å². The summed E-state index contributed by atoms with van der Waals surface area (Å²) in [5.74, 6) is -0.131. The van der Waals surface area contributed by atoms with Crippen molar-refractivity contribution in [3.63, 3.8) is 0 Å². The minimum absolute atomic E-state index is 0.131. The van der Waals surface area contributed by atoms with E-state index in [-0.39, 0.29) is 5.78 Å². The summed E-state index contributed by atoms with van der Waals surface area (Å²) in [5, 5.41) is 0.387. The van der Waals surface area contributed by atoms with E-state index in [0.717, 1.165) is 11.1 Å². The number of carbonyl (C=O) groups excluding carboxylic acids is 1. The lowest BCUT2D eigenvalue weighted by Gasteiger charge is -2.06. The zero-order chi connectivity index (χ0) is 12.4. The van der Waals surface area contributed by atoms with Gasteiger partial charge in [-0.25, -0.2) is 0 Å². The number of aryl methyl sites for hydroxylation is 2. The van der Waals surface area contributed by atoms with Crippen LogP contribution >= 0.6 is 11.6 Å². The molecule has 0 spiro atoms. The standard InChI is InChI=1S/C14H12ClNO/c1-9-5-6-11(10(2)8-9)14(17)13-12(15)4-3-7-16-13/h3-8H,1-2H3. The summed E-state index contributed by atoms with van der Waals surface area (Å²) < 4.78 is 0. The third-order valence-electron chi connectivity index (χ3n) is 2.60. The van der Waals surface area contributed by atoms with Crippen LogP contribution in [-0.4, -0.2) is 10.8 Å². The molecule has 0 aliphatic rings. The molecule has 0 bridgehead atoms. The van der Waals surface area contributed by atoms with Crippen molar-refractivity contribution < 1.29 is 4.79 Å². The molecule has 0 radical (unpaired) electrons. The molecule has 2 rings (SSSR count). The maximum Gasteiger partial charge on any atom is 0.213 e. The van der Waals surface area contributed by atoms with Gasteiger partial charge in [0.1, 0.15) is 5.69 Å². The van der Waals surface area contributed by atoms with Gasteiger partial charge in [0, 0.05) is 11.8 Å². The van der Waals surface area contributed by atoms with Crippen molar-refractivity contribution in [2.75, 3.05) is 0 Å². The Morgan fingerprint density at radius 3 is 2.65 bits per heavy atom. The molecular formula is C14H12ClNO. The fourth-order valence-electron chi connectivity index (χ4n) is 1.75. The first kappa shape index (κ1) is 11.8. The van der Waals surface area contributed by atoms with E-state index >= 15 is 0 Å². The van der Waals surface area contributed by atoms with Gasteiger partial charge in [-0.15, -0.1) is 0 Å². The Bertz CT molecular complexity index is 578. The van der Waals surface area contributed by atoms with Crippen LogP contribution in [0.2, 0.25) is 5.02 Å². The molecule has 0 aliphatic heterocycles. The van der Waals surface area contributed by atoms with Crippen molar-refractivity contribution in [3.05, 3.63) is 63.9 Å². The van der Waals surface area contributed by atoms with Crippen LogP contribution in [0.3, 0.4) is 0 Å². The first-order valence-corrected chi connectivity index (χ1v) is 5.70. The summed E-state index contributed by atoms with van der Waals surface area (Å²) in [6, 6.07) is 9.09. The Balaban J connectivity index is 2.48. The molecule has 2 aromatic rings. The van der Waals surface area contributed by atoms with Crippen molar-refractivity contribution in [3.8, 4) is 0 Å². The van der Waals surface area contributed by atoms with Crippen LogP contribution in [0.5, 0.6) is 0 Å². The van der Waals surface area contributed by atoms with E-state index in [4.69, 9.17) is 11.6 Å². The third kappa shape index (κ3) is 2.37. The van der Waals surface area contributed by atoms with Crippen LogP contribution in [0.1, 0.15) is 27.2 Å². The second-order valence-electron chi connectivity index (χ2n) is 3.98. The van der Waals surface area contributed by atoms with Crippen molar-refractivity contribution >= 4 is 17.4 Å². The quantitative estimate of drug-likeness (QED) is 0.757. The number of pyridine rings is 1. The molecule has 86 valence electrons. The monoisotopic (exact) mass is 245 g/mol. The van der Waals surface area contributed by atoms with Gasteiger partial charge in [0.05, 0.1) is 5.02 Å². The molecule has 0 atom stereocenters. The van der Waals surface area contributed by atoms with Crippen molar-refractivity contribution in [1.82, 2.24) is 4.98 Å². The minimum Gasteiger partial charge on any atom is -0.287 e. The summed E-state index contributed by atoms with van der Waals surface area (Å²) in [4.78, 5) is 16.3. The van der Waals surface area contributed by atoms with Crippen molar-refractivity contribution in [1.29, 1.82) is 0 Å². The number of rotatable bonds is 2. The van der Waals surface area contributed by atoms with Crippen LogP contribution < -0.4 is 0 Å². The van der Waals surface area contributed by atoms with Crippen molar-refractivity contribution in [2.45, 2.75) is 13.8 Å². The summed E-state index contributed by atoms with van der Waals surface area (Å²) in [7, 11) is 0. The van der Waals surface area contributed by atoms with Gasteiger partial charge >= 0.3 is 0 Å². The molecule has 2 nitrogen and oxygen atoms in total. The lowest BCUT2D eigenvalue weighted by atomic mass is 10.0. The molecule has 1 heterocycles. The molecule has 17 heavy (non-hydrogen) atoms. The fourth-order valence-corrected chi connectivity index (χ4v) is 1.96. The van der Waals surface area contributed by atoms with Crippen LogP contribution in [0.25, 0.3) is 0 Å². The number of hydrogen-bond donors (Lipinski definition) is 0. The van der Waals surface area contributed by atoms with Crippen LogP contribution in [0.4, 0.5) is 0 Å². The summed E-state index contributed by atoms with van der Waals surface area (Å²) in [6.45, 7) is 3.91. The molecule has 0 fully saturated rings. The largest absolute Gasteiger partial charge is 0.287 e. The highest BCUT2D eigenvalue weighted by atomic mass is 35.5. The lowest BCUT2D eigenvalue weighted by Crippen LogP contribution is -2.06. The summed E-state index contributed by atoms with van der Waals surface area (Å²) in [5.41, 5.74) is 3.03. The first-order valence-electron chi connectivity index (χ1n) is 5.32. The highest BCUT2D eigenvalue weighted by Gasteiger charge is 2.15. The molecule has 0 N–H and O–H groups in total. The molecule has 0 aliphatic carbocycles. The molecule has 1 aromatic carbocycles. The highest BCUT2D eigenvalue weighted by Crippen LogP contribution is 2.19. The highest BCUT2D eigenvalue weighted by molar-refractivity contribution is 6.34. The van der Waals surface area contributed by atoms with Crippen LogP contribution in [-0.2, 0) is 0 Å². The maximum atomic E-state index is 12.3. The van der Waals surface area contributed by atoms with E-state index in [9.17, 15) is 4.79 Å². The number of aromatic nitrogens is 1. The molecule has 0 saturated heterocycles. The van der Waals surface area contributed by atoms with E-state index in [2.05, 4.69) is 4.98 Å². The summed E-state index contributed by atoms with van der Waals surface area (Å²) in [6.07, 6.45) is 1.57. The van der Waals surface area contributed by atoms with E-state index in [1.54, 1.807) is 18.3 Å². The average molecular weight is 246 g/mol. The molecule has 0 unspecified atom stereocenters. The molecule has 0 saturated carbocycles. The van der Waals surface area contributed by atoms with Crippen LogP contribution in [0.15, 0.2) is 36.5 Å². The molecule has 0 amide bonds. The zero-order valence-corrected chi connectivity index (χ0v) is 10.5. The van der Waals surface area contributed by atoms with Crippen molar-refractivity contribution in [2.24, 2.45) is 0 Å². The zero-order valence-electron chi connectivity index (χ0n) is 9.70. The Kier molecular flexibility index (Phi) is 3.25. The van der Waals surface area contributed by atoms with E-state index < -0.39 is 0 Å². The van der Waals surface area contributed by atoms with Gasteiger partial charge in [0.2, 0.25) is 5.78 Å². The Morgan fingerprint density at radius 2 is 2.00 bits per heavy atom. The lowest BCUT2D eigenvalue weighted by molar-refractivity contribution is 0.103. The van der Waals surface area contributed by atoms with Gasteiger partial charge in [0.15, 0.2) is 0 Å². The normalized spacial score (nSPS) is 10.3. The van der Waals surface area contributed by atoms with E-state index in [1.807, 2.05) is 32.0 Å². The predicted molar refractivity (Wildman–Crippen MR) is 68.6 cm³/mol. The average Bonchev–Trinajstić information content (AvgIpc) is 2.29. The van der Waals surface area contributed by atoms with Gasteiger partial charge in [-0.3, -0.25) is 9.78 Å². The van der Waals surface area contributed by atoms with E-state index in [1.165, 1.54) is 0 Å². The number of carbonyl (C=O) groups is 1. The molecule has 3 heteroatoms. The number of benzene rings is 1. The SMILES string of the molecule is Cc1ccc(C(=O)c2ncccc2Cl)c(C)c1. The minimum atomic E-state index is -0.131. The van der Waals surface area contributed by atoms with Gasteiger partial charge in [-0.05, 0) is 31.5 Å². The van der Waals surface area contributed by atoms with Gasteiger partial charge < -0.3 is 0 Å². The van der Waals surface area contributed by atoms with Gasteiger partial charge in [0.25, 0.3) is 0 Å². The number of halogens is 1. The predicted octanol–water partition coefficient (Wildman–Crippen LogP) is 3.58. The fraction of sp³-hybridized carbons (Fsp3) is 0.143. The third-order valence-corrected chi connectivity index (χ3v) is 2.91. The molecular weight excluding hydrogens is 234 g/mol. The number of hydrogen-bond acceptors (Lipinski definition) is 2. The topological polar surface area (TPSA) is 30.0 Å². The first-order chi connectivity index (χ1) is 8.09. The Morgan fingerprint density at radius 1 is 1.24 bits per heavy atom. The smallest absolute Gasteiger partial charge is 0.213 e. The second kappa shape index (κ2) is 4.68. The van der Waals surface area contributed by atoms with Gasteiger partial charge in [-0.1, -0.05) is 35.4 Å². The Labute approximate surface area is 105 Å². The van der Waals surface area contributed by atoms with Crippen LogP contribution in [0, 0.1) is 13.8 Å². The number of nitrogens with zero attached hydrogens (tertiary/aromatic N) is 1. The maximum absolute atomic E-state index is 12.3. The summed E-state index contributed by atoms with van der Waals surface area (Å²) >= 11 is 5.97. The molecule has 1 aromatic heterocycles. The number of ketones is 1. The van der Waals surface area contributed by atoms with E-state index in [0.29, 0.717) is 16.3 Å². The Hall–Kier alpha value is -1.67.